The Morgan fingerprint density at radius 2 is 2.12 bits per heavy atom. The Morgan fingerprint density at radius 3 is 2.94 bits per heavy atom. The first kappa shape index (κ1) is 22.3. The summed E-state index contributed by atoms with van der Waals surface area (Å²) in [4.78, 5) is 38.2. The third-order valence-corrected chi connectivity index (χ3v) is 6.77. The maximum absolute atomic E-state index is 12.5. The van der Waals surface area contributed by atoms with Crippen molar-refractivity contribution in [3.63, 3.8) is 0 Å². The Labute approximate surface area is 186 Å². The molecule has 2 amide bonds. The van der Waals surface area contributed by atoms with E-state index in [1.807, 2.05) is 6.92 Å². The van der Waals surface area contributed by atoms with Crippen LogP contribution in [0.2, 0.25) is 0 Å². The summed E-state index contributed by atoms with van der Waals surface area (Å²) < 4.78 is 10.8. The van der Waals surface area contributed by atoms with Gasteiger partial charge in [-0.25, -0.2) is 4.79 Å². The fourth-order valence-corrected chi connectivity index (χ4v) is 4.88. The maximum atomic E-state index is 12.5. The number of piperidine rings is 1. The molecule has 0 unspecified atom stereocenters. The largest absolute Gasteiger partial charge is 0.484 e. The zero-order valence-electron chi connectivity index (χ0n) is 18.4. The zero-order chi connectivity index (χ0) is 22.7. The molecule has 32 heavy (non-hydrogen) atoms. The molecule has 8 nitrogen and oxygen atoms in total. The summed E-state index contributed by atoms with van der Waals surface area (Å²) in [5, 5.41) is 14.2. The van der Waals surface area contributed by atoms with E-state index in [0.29, 0.717) is 37.3 Å². The Balaban J connectivity index is 1.27. The lowest BCUT2D eigenvalue weighted by molar-refractivity contribution is -0.143. The summed E-state index contributed by atoms with van der Waals surface area (Å²) in [6, 6.07) is 6.59. The van der Waals surface area contributed by atoms with Crippen LogP contribution in [-0.2, 0) is 16.0 Å². The number of nitrogens with zero attached hydrogens (tertiary/aromatic N) is 1. The van der Waals surface area contributed by atoms with Crippen LogP contribution < -0.4 is 15.7 Å². The molecule has 2 heterocycles. The van der Waals surface area contributed by atoms with Crippen LogP contribution in [0.4, 0.5) is 0 Å². The number of aliphatic hydroxyl groups is 1. The second-order valence-corrected chi connectivity index (χ2v) is 8.80. The van der Waals surface area contributed by atoms with E-state index in [9.17, 15) is 19.5 Å². The Bertz CT molecular complexity index is 1060. The van der Waals surface area contributed by atoms with Crippen LogP contribution in [0.3, 0.4) is 0 Å². The molecule has 1 saturated heterocycles. The Morgan fingerprint density at radius 1 is 1.28 bits per heavy atom. The number of benzene rings is 1. The SMILES string of the molecule is CCc1cc(=O)oc2cc(OCC(=O)NCC(=O)N3CC[C@]4(O)CCCC[C@H]4C3)ccc12. The van der Waals surface area contributed by atoms with E-state index >= 15 is 0 Å². The highest BCUT2D eigenvalue weighted by molar-refractivity contribution is 5.86. The van der Waals surface area contributed by atoms with Gasteiger partial charge < -0.3 is 24.5 Å². The second kappa shape index (κ2) is 9.32. The second-order valence-electron chi connectivity index (χ2n) is 8.80. The van der Waals surface area contributed by atoms with E-state index in [2.05, 4.69) is 5.32 Å². The van der Waals surface area contributed by atoms with Crippen molar-refractivity contribution in [2.24, 2.45) is 5.92 Å². The number of nitrogens with one attached hydrogen (secondary N) is 1. The highest BCUT2D eigenvalue weighted by Crippen LogP contribution is 2.39. The van der Waals surface area contributed by atoms with Crippen LogP contribution >= 0.6 is 0 Å². The molecule has 2 fully saturated rings. The average molecular weight is 443 g/mol. The van der Waals surface area contributed by atoms with Gasteiger partial charge in [-0.2, -0.15) is 0 Å². The minimum absolute atomic E-state index is 0.0974. The van der Waals surface area contributed by atoms with Gasteiger partial charge in [0.05, 0.1) is 12.1 Å². The molecule has 1 aromatic carbocycles. The van der Waals surface area contributed by atoms with Gasteiger partial charge in [0, 0.05) is 36.5 Å². The predicted molar refractivity (Wildman–Crippen MR) is 118 cm³/mol. The minimum atomic E-state index is -0.636. The van der Waals surface area contributed by atoms with E-state index in [1.54, 1.807) is 23.1 Å². The summed E-state index contributed by atoms with van der Waals surface area (Å²) in [6.07, 6.45) is 5.17. The van der Waals surface area contributed by atoms with Gasteiger partial charge in [-0.1, -0.05) is 19.8 Å². The number of likely N-dealkylation sites (tertiary alicyclic amines) is 1. The monoisotopic (exact) mass is 442 g/mol. The molecule has 2 aliphatic rings. The number of hydrogen-bond donors (Lipinski definition) is 2. The molecule has 2 atom stereocenters. The van der Waals surface area contributed by atoms with Gasteiger partial charge in [0.2, 0.25) is 5.91 Å². The first-order valence-corrected chi connectivity index (χ1v) is 11.3. The number of rotatable bonds is 6. The number of amides is 2. The van der Waals surface area contributed by atoms with Crippen molar-refractivity contribution in [1.82, 2.24) is 10.2 Å². The van der Waals surface area contributed by atoms with Crippen LogP contribution in [0.5, 0.6) is 5.75 Å². The van der Waals surface area contributed by atoms with Crippen molar-refractivity contribution >= 4 is 22.8 Å². The van der Waals surface area contributed by atoms with E-state index in [1.165, 1.54) is 6.07 Å². The topological polar surface area (TPSA) is 109 Å². The maximum Gasteiger partial charge on any atom is 0.336 e. The number of carbonyl (C=O) groups excluding carboxylic acids is 2. The molecule has 8 heteroatoms. The van der Waals surface area contributed by atoms with Crippen molar-refractivity contribution in [3.8, 4) is 5.75 Å². The highest BCUT2D eigenvalue weighted by Gasteiger charge is 2.43. The summed E-state index contributed by atoms with van der Waals surface area (Å²) in [5.74, 6) is -0.0314. The minimum Gasteiger partial charge on any atom is -0.484 e. The van der Waals surface area contributed by atoms with Crippen LogP contribution in [-0.4, -0.2) is 53.7 Å². The summed E-state index contributed by atoms with van der Waals surface area (Å²) in [6.45, 7) is 2.67. The first-order valence-electron chi connectivity index (χ1n) is 11.3. The van der Waals surface area contributed by atoms with Crippen molar-refractivity contribution in [1.29, 1.82) is 0 Å². The van der Waals surface area contributed by atoms with Crippen LogP contribution in [0.1, 0.15) is 44.6 Å². The molecule has 172 valence electrons. The van der Waals surface area contributed by atoms with E-state index in [0.717, 1.165) is 36.6 Å². The van der Waals surface area contributed by atoms with Crippen LogP contribution in [0.25, 0.3) is 11.0 Å². The fourth-order valence-electron chi connectivity index (χ4n) is 4.88. The van der Waals surface area contributed by atoms with Crippen LogP contribution in [0.15, 0.2) is 33.5 Å². The number of hydrogen-bond acceptors (Lipinski definition) is 6. The predicted octanol–water partition coefficient (Wildman–Crippen LogP) is 2.00. The lowest BCUT2D eigenvalue weighted by Crippen LogP contribution is -2.56. The molecule has 1 saturated carbocycles. The molecule has 1 aromatic heterocycles. The summed E-state index contributed by atoms with van der Waals surface area (Å²) in [5.41, 5.74) is 0.244. The summed E-state index contributed by atoms with van der Waals surface area (Å²) >= 11 is 0. The third-order valence-electron chi connectivity index (χ3n) is 6.77. The smallest absolute Gasteiger partial charge is 0.336 e. The van der Waals surface area contributed by atoms with Gasteiger partial charge in [-0.3, -0.25) is 9.59 Å². The van der Waals surface area contributed by atoms with Gasteiger partial charge in [-0.15, -0.1) is 0 Å². The molecule has 1 aliphatic carbocycles. The standard InChI is InChI=1S/C24H30N2O6/c1-2-16-11-23(29)32-20-12-18(6-7-19(16)20)31-15-21(27)25-13-22(28)26-10-9-24(30)8-4-3-5-17(24)14-26/h6-7,11-12,17,30H,2-5,8-10,13-15H2,1H3,(H,25,27)/t17-,24+/m0/s1. The van der Waals surface area contributed by atoms with Crippen molar-refractivity contribution in [2.75, 3.05) is 26.2 Å². The van der Waals surface area contributed by atoms with Crippen LogP contribution in [0, 0.1) is 5.92 Å². The van der Waals surface area contributed by atoms with Gasteiger partial charge >= 0.3 is 5.63 Å². The average Bonchev–Trinajstić information content (AvgIpc) is 2.79. The fraction of sp³-hybridized carbons (Fsp3) is 0.542. The number of aryl methyl sites for hydroxylation is 1. The lowest BCUT2D eigenvalue weighted by atomic mass is 9.71. The lowest BCUT2D eigenvalue weighted by Gasteiger charge is -2.47. The van der Waals surface area contributed by atoms with Gasteiger partial charge in [0.25, 0.3) is 5.91 Å². The summed E-state index contributed by atoms with van der Waals surface area (Å²) in [7, 11) is 0. The number of carbonyl (C=O) groups is 2. The first-order chi connectivity index (χ1) is 15.4. The normalized spacial score (nSPS) is 22.9. The van der Waals surface area contributed by atoms with E-state index in [-0.39, 0.29) is 25.0 Å². The van der Waals surface area contributed by atoms with Gasteiger partial charge in [-0.05, 0) is 43.4 Å². The molecular formula is C24H30N2O6. The molecule has 4 rings (SSSR count). The van der Waals surface area contributed by atoms with Gasteiger partial charge in [0.15, 0.2) is 6.61 Å². The highest BCUT2D eigenvalue weighted by atomic mass is 16.5. The molecular weight excluding hydrogens is 412 g/mol. The number of fused-ring (bicyclic) bond motifs is 2. The third kappa shape index (κ3) is 4.80. The Kier molecular flexibility index (Phi) is 6.50. The Hall–Kier alpha value is -2.87. The molecule has 0 spiro atoms. The molecule has 2 aromatic rings. The van der Waals surface area contributed by atoms with E-state index < -0.39 is 17.1 Å². The van der Waals surface area contributed by atoms with Crippen molar-refractivity contribution in [2.45, 2.75) is 51.0 Å². The van der Waals surface area contributed by atoms with E-state index in [4.69, 9.17) is 9.15 Å². The van der Waals surface area contributed by atoms with Crippen molar-refractivity contribution < 1.29 is 23.8 Å². The van der Waals surface area contributed by atoms with Gasteiger partial charge in [0.1, 0.15) is 11.3 Å². The molecule has 2 N–H and O–H groups in total. The molecule has 1 aliphatic heterocycles. The molecule has 0 radical (unpaired) electrons. The quantitative estimate of drug-likeness (QED) is 0.663. The molecule has 0 bridgehead atoms. The zero-order valence-corrected chi connectivity index (χ0v) is 18.4. The van der Waals surface area contributed by atoms with Crippen molar-refractivity contribution in [3.05, 3.63) is 40.2 Å². The number of ether oxygens (including phenoxy) is 1.